The van der Waals surface area contributed by atoms with Crippen LogP contribution in [0.3, 0.4) is 0 Å². The maximum Gasteiger partial charge on any atom is 0.166 e. The number of benzene rings is 1. The molecule has 2 nitrogen and oxygen atoms in total. The molecule has 0 atom stereocenters. The van der Waals surface area contributed by atoms with Crippen LogP contribution in [-0.2, 0) is 0 Å². The van der Waals surface area contributed by atoms with Gasteiger partial charge < -0.3 is 4.74 Å². The second kappa shape index (κ2) is 4.80. The first-order valence-electron chi connectivity index (χ1n) is 4.87. The van der Waals surface area contributed by atoms with Crippen LogP contribution in [0.1, 0.15) is 35.7 Å². The van der Waals surface area contributed by atoms with Gasteiger partial charge in [0, 0.05) is 6.42 Å². The lowest BCUT2D eigenvalue weighted by Gasteiger charge is -2.07. The highest BCUT2D eigenvalue weighted by molar-refractivity contribution is 5.98. The Morgan fingerprint density at radius 3 is 2.71 bits per heavy atom. The predicted molar refractivity (Wildman–Crippen MR) is 57.0 cm³/mol. The minimum atomic E-state index is 0.160. The van der Waals surface area contributed by atoms with Crippen molar-refractivity contribution in [3.05, 3.63) is 29.3 Å². The number of ketones is 1. The van der Waals surface area contributed by atoms with E-state index in [1.165, 1.54) is 0 Å². The lowest BCUT2D eigenvalue weighted by molar-refractivity contribution is 0.0978. The van der Waals surface area contributed by atoms with Gasteiger partial charge in [0.1, 0.15) is 5.75 Å². The number of carbonyl (C=O) groups excluding carboxylic acids is 1. The maximum absolute atomic E-state index is 11.7. The minimum Gasteiger partial charge on any atom is -0.496 e. The molecule has 0 unspecified atom stereocenters. The number of methoxy groups -OCH3 is 1. The molecule has 0 amide bonds. The van der Waals surface area contributed by atoms with Crippen LogP contribution in [0.25, 0.3) is 0 Å². The van der Waals surface area contributed by atoms with Crippen LogP contribution in [0.4, 0.5) is 0 Å². The van der Waals surface area contributed by atoms with Crippen molar-refractivity contribution in [2.24, 2.45) is 0 Å². The van der Waals surface area contributed by atoms with Gasteiger partial charge in [0.15, 0.2) is 5.78 Å². The van der Waals surface area contributed by atoms with Gasteiger partial charge in [-0.15, -0.1) is 0 Å². The van der Waals surface area contributed by atoms with Crippen molar-refractivity contribution in [1.82, 2.24) is 0 Å². The van der Waals surface area contributed by atoms with Gasteiger partial charge in [-0.1, -0.05) is 18.6 Å². The lowest BCUT2D eigenvalue weighted by atomic mass is 10.0. The van der Waals surface area contributed by atoms with E-state index in [1.807, 2.05) is 32.0 Å². The SMILES string of the molecule is CCCC(=O)c1cc(C)ccc1OC. The van der Waals surface area contributed by atoms with E-state index in [0.29, 0.717) is 17.7 Å². The molecule has 76 valence electrons. The van der Waals surface area contributed by atoms with E-state index in [-0.39, 0.29) is 5.78 Å². The van der Waals surface area contributed by atoms with Gasteiger partial charge in [-0.25, -0.2) is 0 Å². The normalized spacial score (nSPS) is 9.93. The molecular weight excluding hydrogens is 176 g/mol. The third-order valence-corrected chi connectivity index (χ3v) is 2.13. The van der Waals surface area contributed by atoms with E-state index in [4.69, 9.17) is 4.74 Å². The highest BCUT2D eigenvalue weighted by Crippen LogP contribution is 2.21. The van der Waals surface area contributed by atoms with Crippen LogP contribution in [0.15, 0.2) is 18.2 Å². The number of hydrogen-bond donors (Lipinski definition) is 0. The molecule has 0 aliphatic heterocycles. The largest absolute Gasteiger partial charge is 0.496 e. The van der Waals surface area contributed by atoms with Crippen molar-refractivity contribution >= 4 is 5.78 Å². The van der Waals surface area contributed by atoms with Crippen molar-refractivity contribution in [2.45, 2.75) is 26.7 Å². The average Bonchev–Trinajstić information content (AvgIpc) is 2.18. The Morgan fingerprint density at radius 1 is 1.43 bits per heavy atom. The molecule has 0 radical (unpaired) electrons. The third-order valence-electron chi connectivity index (χ3n) is 2.13. The fourth-order valence-corrected chi connectivity index (χ4v) is 1.40. The molecule has 1 aromatic rings. The van der Waals surface area contributed by atoms with Gasteiger partial charge in [-0.05, 0) is 25.5 Å². The van der Waals surface area contributed by atoms with Crippen LogP contribution >= 0.6 is 0 Å². The molecule has 0 heterocycles. The van der Waals surface area contributed by atoms with E-state index >= 15 is 0 Å². The van der Waals surface area contributed by atoms with Crippen LogP contribution in [-0.4, -0.2) is 12.9 Å². The summed E-state index contributed by atoms with van der Waals surface area (Å²) in [5, 5.41) is 0. The number of carbonyl (C=O) groups is 1. The summed E-state index contributed by atoms with van der Waals surface area (Å²) in [5.74, 6) is 0.835. The van der Waals surface area contributed by atoms with Gasteiger partial charge in [0.2, 0.25) is 0 Å². The van der Waals surface area contributed by atoms with Crippen molar-refractivity contribution in [1.29, 1.82) is 0 Å². The van der Waals surface area contributed by atoms with Gasteiger partial charge in [-0.3, -0.25) is 4.79 Å². The summed E-state index contributed by atoms with van der Waals surface area (Å²) < 4.78 is 5.15. The van der Waals surface area contributed by atoms with Gasteiger partial charge in [0.25, 0.3) is 0 Å². The zero-order valence-electron chi connectivity index (χ0n) is 8.96. The average molecular weight is 192 g/mol. The molecule has 0 N–H and O–H groups in total. The first-order chi connectivity index (χ1) is 6.69. The number of rotatable bonds is 4. The van der Waals surface area contributed by atoms with Gasteiger partial charge in [0.05, 0.1) is 12.7 Å². The fourth-order valence-electron chi connectivity index (χ4n) is 1.40. The van der Waals surface area contributed by atoms with Crippen molar-refractivity contribution in [3.8, 4) is 5.75 Å². The van der Waals surface area contributed by atoms with Gasteiger partial charge >= 0.3 is 0 Å². The number of ether oxygens (including phenoxy) is 1. The zero-order valence-corrected chi connectivity index (χ0v) is 8.96. The quantitative estimate of drug-likeness (QED) is 0.685. The molecule has 0 bridgehead atoms. The molecule has 0 saturated carbocycles. The fraction of sp³-hybridized carbons (Fsp3) is 0.417. The van der Waals surface area contributed by atoms with Crippen LogP contribution in [0.2, 0.25) is 0 Å². The summed E-state index contributed by atoms with van der Waals surface area (Å²) in [6.45, 7) is 3.97. The molecular formula is C12H16O2. The Hall–Kier alpha value is -1.31. The molecule has 0 aliphatic rings. The van der Waals surface area contributed by atoms with Crippen LogP contribution < -0.4 is 4.74 Å². The molecule has 0 fully saturated rings. The summed E-state index contributed by atoms with van der Waals surface area (Å²) in [6, 6.07) is 5.68. The topological polar surface area (TPSA) is 26.3 Å². The molecule has 1 aromatic carbocycles. The Kier molecular flexibility index (Phi) is 3.69. The van der Waals surface area contributed by atoms with Crippen LogP contribution in [0, 0.1) is 6.92 Å². The predicted octanol–water partition coefficient (Wildman–Crippen LogP) is 2.99. The Bertz CT molecular complexity index is 329. The first-order valence-corrected chi connectivity index (χ1v) is 4.87. The smallest absolute Gasteiger partial charge is 0.166 e. The molecule has 2 heteroatoms. The molecule has 0 aliphatic carbocycles. The van der Waals surface area contributed by atoms with E-state index in [0.717, 1.165) is 12.0 Å². The highest BCUT2D eigenvalue weighted by atomic mass is 16.5. The summed E-state index contributed by atoms with van der Waals surface area (Å²) in [7, 11) is 1.59. The van der Waals surface area contributed by atoms with E-state index < -0.39 is 0 Å². The minimum absolute atomic E-state index is 0.160. The van der Waals surface area contributed by atoms with Crippen molar-refractivity contribution < 1.29 is 9.53 Å². The zero-order chi connectivity index (χ0) is 10.6. The first kappa shape index (κ1) is 10.8. The monoisotopic (exact) mass is 192 g/mol. The number of aryl methyl sites for hydroxylation is 1. The van der Waals surface area contributed by atoms with Crippen molar-refractivity contribution in [3.63, 3.8) is 0 Å². The summed E-state index contributed by atoms with van der Waals surface area (Å²) >= 11 is 0. The molecule has 14 heavy (non-hydrogen) atoms. The number of Topliss-reactive ketones (excluding diaryl/α,β-unsaturated/α-hetero) is 1. The highest BCUT2D eigenvalue weighted by Gasteiger charge is 2.10. The molecule has 0 saturated heterocycles. The Morgan fingerprint density at radius 2 is 2.14 bits per heavy atom. The lowest BCUT2D eigenvalue weighted by Crippen LogP contribution is -2.01. The van der Waals surface area contributed by atoms with E-state index in [1.54, 1.807) is 7.11 Å². The summed E-state index contributed by atoms with van der Waals surface area (Å²) in [5.41, 5.74) is 1.79. The number of hydrogen-bond acceptors (Lipinski definition) is 2. The van der Waals surface area contributed by atoms with Crippen LogP contribution in [0.5, 0.6) is 5.75 Å². The second-order valence-electron chi connectivity index (χ2n) is 3.38. The third kappa shape index (κ3) is 2.34. The Balaban J connectivity index is 3.03. The standard InChI is InChI=1S/C12H16O2/c1-4-5-11(13)10-8-9(2)6-7-12(10)14-3/h6-8H,4-5H2,1-3H3. The molecule has 1 rings (SSSR count). The molecule has 0 aromatic heterocycles. The Labute approximate surface area is 84.9 Å². The van der Waals surface area contributed by atoms with E-state index in [2.05, 4.69) is 0 Å². The second-order valence-corrected chi connectivity index (χ2v) is 3.38. The molecule has 0 spiro atoms. The summed E-state index contributed by atoms with van der Waals surface area (Å²) in [6.07, 6.45) is 1.45. The van der Waals surface area contributed by atoms with E-state index in [9.17, 15) is 4.79 Å². The van der Waals surface area contributed by atoms with Crippen molar-refractivity contribution in [2.75, 3.05) is 7.11 Å². The maximum atomic E-state index is 11.7. The van der Waals surface area contributed by atoms with Gasteiger partial charge in [-0.2, -0.15) is 0 Å². The summed E-state index contributed by atoms with van der Waals surface area (Å²) in [4.78, 5) is 11.7.